The van der Waals surface area contributed by atoms with Crippen molar-refractivity contribution in [2.24, 2.45) is 5.11 Å². The lowest BCUT2D eigenvalue weighted by Gasteiger charge is -2.03. The Labute approximate surface area is 65.9 Å². The van der Waals surface area contributed by atoms with Crippen LogP contribution in [0, 0.1) is 12.5 Å². The van der Waals surface area contributed by atoms with E-state index in [0.717, 1.165) is 5.69 Å². The third kappa shape index (κ3) is 1.55. The maximum Gasteiger partial charge on any atom is 0.108 e. The molecule has 0 aliphatic carbocycles. The summed E-state index contributed by atoms with van der Waals surface area (Å²) in [6, 6.07) is 5.73. The first kappa shape index (κ1) is 7.72. The zero-order valence-electron chi connectivity index (χ0n) is 6.68. The Balaban J connectivity index is 3.16. The number of anilines is 1. The topological polar surface area (TPSA) is 48.2 Å². The molecule has 0 aliphatic heterocycles. The third-order valence-corrected chi connectivity index (χ3v) is 1.54. The van der Waals surface area contributed by atoms with Crippen molar-refractivity contribution in [3.8, 4) is 0 Å². The Morgan fingerprint density at radius 3 is 2.73 bits per heavy atom. The van der Waals surface area contributed by atoms with Crippen LogP contribution in [-0.2, 0) is 0 Å². The Kier molecular flexibility index (Phi) is 2.21. The van der Waals surface area contributed by atoms with Gasteiger partial charge in [0.05, 0.1) is 5.69 Å². The van der Waals surface area contributed by atoms with E-state index in [4.69, 9.17) is 5.53 Å². The molecule has 0 bridgehead atoms. The summed E-state index contributed by atoms with van der Waals surface area (Å²) in [7, 11) is 1.82. The molecule has 11 heavy (non-hydrogen) atoms. The zero-order chi connectivity index (χ0) is 8.27. The van der Waals surface area contributed by atoms with Gasteiger partial charge in [-0.2, -0.15) is 5.11 Å². The Hall–Kier alpha value is -1.38. The van der Waals surface area contributed by atoms with E-state index >= 15 is 0 Å². The van der Waals surface area contributed by atoms with Gasteiger partial charge in [-0.05, 0) is 24.6 Å². The van der Waals surface area contributed by atoms with Crippen LogP contribution < -0.4 is 5.32 Å². The van der Waals surface area contributed by atoms with Crippen molar-refractivity contribution < 1.29 is 0 Å². The first-order chi connectivity index (χ1) is 5.27. The normalized spacial score (nSPS) is 9.27. The molecule has 0 heterocycles. The van der Waals surface area contributed by atoms with Gasteiger partial charge < -0.3 is 5.32 Å². The minimum atomic E-state index is 0.679. The summed E-state index contributed by atoms with van der Waals surface area (Å²) in [4.78, 5) is 0. The predicted molar refractivity (Wildman–Crippen MR) is 45.5 cm³/mol. The number of nitrogens with zero attached hydrogens (tertiary/aromatic N) is 1. The van der Waals surface area contributed by atoms with Crippen molar-refractivity contribution in [3.05, 3.63) is 23.8 Å². The fourth-order valence-electron chi connectivity index (χ4n) is 0.948. The van der Waals surface area contributed by atoms with Crippen LogP contribution in [0.25, 0.3) is 0 Å². The first-order valence-corrected chi connectivity index (χ1v) is 3.44. The summed E-state index contributed by atoms with van der Waals surface area (Å²) >= 11 is 0. The van der Waals surface area contributed by atoms with Gasteiger partial charge in [-0.1, -0.05) is 6.07 Å². The average molecular weight is 149 g/mol. The van der Waals surface area contributed by atoms with Gasteiger partial charge >= 0.3 is 0 Å². The lowest BCUT2D eigenvalue weighted by molar-refractivity contribution is 1.14. The standard InChI is InChI=1S/C8H11N3/c1-6-3-4-7(11-9)8(5-6)10-2/h3-5,9-10H,1-2H3. The summed E-state index contributed by atoms with van der Waals surface area (Å²) in [5.74, 6) is 0. The van der Waals surface area contributed by atoms with Crippen molar-refractivity contribution >= 4 is 11.4 Å². The highest BCUT2D eigenvalue weighted by Crippen LogP contribution is 2.24. The molecule has 2 N–H and O–H groups in total. The number of aryl methyl sites for hydroxylation is 1. The molecule has 0 radical (unpaired) electrons. The largest absolute Gasteiger partial charge is 0.386 e. The summed E-state index contributed by atoms with van der Waals surface area (Å²) in [6.45, 7) is 2.01. The van der Waals surface area contributed by atoms with Crippen molar-refractivity contribution in [2.45, 2.75) is 6.92 Å². The molecule has 0 fully saturated rings. The van der Waals surface area contributed by atoms with E-state index in [0.29, 0.717) is 5.69 Å². The van der Waals surface area contributed by atoms with Crippen LogP contribution in [0.15, 0.2) is 23.3 Å². The zero-order valence-corrected chi connectivity index (χ0v) is 6.68. The van der Waals surface area contributed by atoms with E-state index in [1.54, 1.807) is 0 Å². The highest BCUT2D eigenvalue weighted by Gasteiger charge is 1.97. The van der Waals surface area contributed by atoms with E-state index in [9.17, 15) is 0 Å². The minimum Gasteiger partial charge on any atom is -0.386 e. The summed E-state index contributed by atoms with van der Waals surface area (Å²) < 4.78 is 0. The summed E-state index contributed by atoms with van der Waals surface area (Å²) in [6.07, 6.45) is 0. The highest BCUT2D eigenvalue weighted by molar-refractivity contribution is 5.65. The first-order valence-electron chi connectivity index (χ1n) is 3.44. The quantitative estimate of drug-likeness (QED) is 0.624. The van der Waals surface area contributed by atoms with E-state index in [-0.39, 0.29) is 0 Å². The van der Waals surface area contributed by atoms with Crippen molar-refractivity contribution in [1.29, 1.82) is 5.53 Å². The molecular weight excluding hydrogens is 138 g/mol. The van der Waals surface area contributed by atoms with Crippen LogP contribution in [0.5, 0.6) is 0 Å². The molecule has 3 nitrogen and oxygen atoms in total. The molecule has 58 valence electrons. The van der Waals surface area contributed by atoms with Crippen molar-refractivity contribution in [1.82, 2.24) is 0 Å². The molecule has 0 saturated carbocycles. The smallest absolute Gasteiger partial charge is 0.108 e. The number of nitrogens with one attached hydrogen (secondary N) is 2. The molecule has 0 atom stereocenters. The highest BCUT2D eigenvalue weighted by atomic mass is 15.0. The van der Waals surface area contributed by atoms with Crippen LogP contribution in [0.2, 0.25) is 0 Å². The second-order valence-electron chi connectivity index (χ2n) is 2.38. The molecule has 1 rings (SSSR count). The lowest BCUT2D eigenvalue weighted by Crippen LogP contribution is -1.88. The van der Waals surface area contributed by atoms with E-state index in [1.807, 2.05) is 32.2 Å². The molecule has 0 amide bonds. The summed E-state index contributed by atoms with van der Waals surface area (Å²) in [5.41, 5.74) is 9.59. The molecule has 0 unspecified atom stereocenters. The van der Waals surface area contributed by atoms with Gasteiger partial charge in [0.15, 0.2) is 0 Å². The van der Waals surface area contributed by atoms with Crippen LogP contribution in [0.1, 0.15) is 5.56 Å². The number of hydrogen-bond acceptors (Lipinski definition) is 3. The van der Waals surface area contributed by atoms with Crippen molar-refractivity contribution in [3.63, 3.8) is 0 Å². The fourth-order valence-corrected chi connectivity index (χ4v) is 0.948. The second kappa shape index (κ2) is 3.14. The Morgan fingerprint density at radius 2 is 2.18 bits per heavy atom. The molecule has 1 aromatic carbocycles. The molecular formula is C8H11N3. The summed E-state index contributed by atoms with van der Waals surface area (Å²) in [5, 5.41) is 6.34. The Morgan fingerprint density at radius 1 is 1.45 bits per heavy atom. The molecule has 3 heteroatoms. The van der Waals surface area contributed by atoms with Crippen molar-refractivity contribution in [2.75, 3.05) is 12.4 Å². The SMILES string of the molecule is CNc1cc(C)ccc1N=N. The van der Waals surface area contributed by atoms with Crippen LogP contribution >= 0.6 is 0 Å². The number of benzene rings is 1. The maximum atomic E-state index is 6.84. The van der Waals surface area contributed by atoms with Crippen LogP contribution in [0.3, 0.4) is 0 Å². The fraction of sp³-hybridized carbons (Fsp3) is 0.250. The molecule has 1 aromatic rings. The Bertz CT molecular complexity index is 268. The number of hydrogen-bond donors (Lipinski definition) is 2. The molecule has 0 aromatic heterocycles. The van der Waals surface area contributed by atoms with Crippen LogP contribution in [0.4, 0.5) is 11.4 Å². The van der Waals surface area contributed by atoms with Gasteiger partial charge in [0, 0.05) is 7.05 Å². The van der Waals surface area contributed by atoms with E-state index < -0.39 is 0 Å². The van der Waals surface area contributed by atoms with Gasteiger partial charge in [-0.15, -0.1) is 0 Å². The van der Waals surface area contributed by atoms with Gasteiger partial charge in [0.1, 0.15) is 5.69 Å². The predicted octanol–water partition coefficient (Wildman–Crippen LogP) is 2.70. The average Bonchev–Trinajstić information content (AvgIpc) is 2.04. The van der Waals surface area contributed by atoms with E-state index in [2.05, 4.69) is 10.4 Å². The molecule has 0 aliphatic rings. The lowest BCUT2D eigenvalue weighted by atomic mass is 10.2. The van der Waals surface area contributed by atoms with Gasteiger partial charge in [0.2, 0.25) is 0 Å². The van der Waals surface area contributed by atoms with Gasteiger partial charge in [0.25, 0.3) is 0 Å². The van der Waals surface area contributed by atoms with Crippen LogP contribution in [-0.4, -0.2) is 7.05 Å². The van der Waals surface area contributed by atoms with Gasteiger partial charge in [-0.25, -0.2) is 5.53 Å². The molecule has 0 saturated heterocycles. The molecule has 0 spiro atoms. The third-order valence-electron chi connectivity index (χ3n) is 1.54. The number of rotatable bonds is 2. The van der Waals surface area contributed by atoms with E-state index in [1.165, 1.54) is 5.56 Å². The maximum absolute atomic E-state index is 6.84. The van der Waals surface area contributed by atoms with Gasteiger partial charge in [-0.3, -0.25) is 0 Å². The second-order valence-corrected chi connectivity index (χ2v) is 2.38. The monoisotopic (exact) mass is 149 g/mol. The minimum absolute atomic E-state index is 0.679.